The molecular weight excluding hydrogens is 941 g/mol. The third kappa shape index (κ3) is 11.3. The first-order valence-corrected chi connectivity index (χ1v) is 27.2. The molecule has 0 amide bonds. The van der Waals surface area contributed by atoms with Gasteiger partial charge in [0.15, 0.2) is 0 Å². The zero-order valence-electron chi connectivity index (χ0n) is 48.9. The van der Waals surface area contributed by atoms with Gasteiger partial charge in [-0.2, -0.15) is 0 Å². The van der Waals surface area contributed by atoms with Gasteiger partial charge in [-0.1, -0.05) is 191 Å². The number of carboxylic acid groups (broad SMARTS) is 1. The third-order valence-corrected chi connectivity index (χ3v) is 15.1. The molecule has 0 radical (unpaired) electrons. The first-order valence-electron chi connectivity index (χ1n) is 27.2. The highest BCUT2D eigenvalue weighted by atomic mass is 16.4. The standard InChI is InChI=1S/C71H78N4O2/c1-66(2,3)47-33-44(34-48(39-47)67(4,5)6)62-56-27-25-54(72-56)53(24-21-42-19-22-43(23-20-42)65(76)77)55-26-28-57(73-55)63(45-35-49(68(7,8)9)40-50(36-45)69(10,11)12)59-30-32-61(75-59)64(60-31-29-58(62)74-60)46-37-51(70(13,14)15)41-52(38-46)71(16,17)18/h19-20,22-23,25-41,72,75H,1-18H3,(H,76,77). The second-order valence-corrected chi connectivity index (χ2v) is 27.5. The van der Waals surface area contributed by atoms with Crippen LogP contribution < -0.4 is 0 Å². The van der Waals surface area contributed by atoms with Crippen molar-refractivity contribution < 1.29 is 9.90 Å². The Balaban J connectivity index is 1.51. The van der Waals surface area contributed by atoms with Gasteiger partial charge in [-0.3, -0.25) is 0 Å². The largest absolute Gasteiger partial charge is 0.478 e. The van der Waals surface area contributed by atoms with E-state index in [9.17, 15) is 9.90 Å². The summed E-state index contributed by atoms with van der Waals surface area (Å²) in [4.78, 5) is 31.1. The molecule has 394 valence electrons. The van der Waals surface area contributed by atoms with Crippen LogP contribution >= 0.6 is 0 Å². The second-order valence-electron chi connectivity index (χ2n) is 27.5. The van der Waals surface area contributed by atoms with Crippen molar-refractivity contribution in [2.45, 2.75) is 157 Å². The summed E-state index contributed by atoms with van der Waals surface area (Å²) >= 11 is 0. The molecule has 0 saturated carbocycles. The first-order chi connectivity index (χ1) is 35.7. The van der Waals surface area contributed by atoms with Crippen LogP contribution in [0, 0.1) is 11.8 Å². The van der Waals surface area contributed by atoms with E-state index < -0.39 is 5.97 Å². The Bertz CT molecular complexity index is 3640. The quantitative estimate of drug-likeness (QED) is 0.153. The summed E-state index contributed by atoms with van der Waals surface area (Å²) in [6.07, 6.45) is 8.58. The molecule has 4 aromatic carbocycles. The zero-order chi connectivity index (χ0) is 55.9. The van der Waals surface area contributed by atoms with Gasteiger partial charge < -0.3 is 15.1 Å². The molecule has 0 unspecified atom stereocenters. The number of aromatic carboxylic acids is 1. The number of fused-ring (bicyclic) bond motifs is 8. The molecule has 5 heterocycles. The molecule has 2 aliphatic rings. The average Bonchev–Trinajstić information content (AvgIpc) is 4.18. The summed E-state index contributed by atoms with van der Waals surface area (Å²) in [6, 6.07) is 36.6. The van der Waals surface area contributed by atoms with Crippen LogP contribution in [0.2, 0.25) is 0 Å². The van der Waals surface area contributed by atoms with E-state index in [1.165, 1.54) is 33.4 Å². The van der Waals surface area contributed by atoms with E-state index in [0.717, 1.165) is 72.5 Å². The number of benzene rings is 4. The van der Waals surface area contributed by atoms with E-state index in [-0.39, 0.29) is 38.1 Å². The van der Waals surface area contributed by atoms with Crippen molar-refractivity contribution in [3.05, 3.63) is 176 Å². The summed E-state index contributed by atoms with van der Waals surface area (Å²) in [7, 11) is 0. The Kier molecular flexibility index (Phi) is 13.5. The zero-order valence-corrected chi connectivity index (χ0v) is 48.9. The van der Waals surface area contributed by atoms with Crippen molar-refractivity contribution in [1.82, 2.24) is 19.9 Å². The predicted molar refractivity (Wildman–Crippen MR) is 327 cm³/mol. The molecule has 3 N–H and O–H groups in total. The maximum absolute atomic E-state index is 11.8. The number of H-pyrrole nitrogens is 2. The van der Waals surface area contributed by atoms with E-state index in [4.69, 9.17) is 9.97 Å². The van der Waals surface area contributed by atoms with Crippen LogP contribution in [-0.2, 0) is 32.5 Å². The third-order valence-electron chi connectivity index (χ3n) is 15.1. The number of aromatic nitrogens is 4. The van der Waals surface area contributed by atoms with Gasteiger partial charge in [0, 0.05) is 38.8 Å². The minimum Gasteiger partial charge on any atom is -0.478 e. The van der Waals surface area contributed by atoms with Crippen LogP contribution in [0.3, 0.4) is 0 Å². The van der Waals surface area contributed by atoms with Crippen molar-refractivity contribution in [3.63, 3.8) is 0 Å². The summed E-state index contributed by atoms with van der Waals surface area (Å²) in [5.74, 6) is 5.95. The number of nitrogens with one attached hydrogen (secondary N) is 2. The number of hydrogen-bond acceptors (Lipinski definition) is 3. The van der Waals surface area contributed by atoms with Crippen LogP contribution in [0.15, 0.2) is 103 Å². The SMILES string of the molecule is CC(C)(C)c1cc(-c2c3nc(c(-c4cc(C(C)(C)C)cc(C(C)(C)C)c4)c4ccc([nH]4)c(-c4cc(C(C)(C)C)cc(C(C)(C)C)c4)c4nc(c(C#Cc5ccc(C(=O)O)cc5)c5ccc2[nH]5)C=C4)C=C3)cc(C(C)(C)C)c1. The number of rotatable bonds is 4. The Morgan fingerprint density at radius 2 is 0.662 bits per heavy atom. The molecule has 9 rings (SSSR count). The van der Waals surface area contributed by atoms with Crippen LogP contribution in [-0.4, -0.2) is 31.0 Å². The summed E-state index contributed by atoms with van der Waals surface area (Å²) < 4.78 is 0. The van der Waals surface area contributed by atoms with Crippen LogP contribution in [0.1, 0.15) is 202 Å². The van der Waals surface area contributed by atoms with Gasteiger partial charge in [0.25, 0.3) is 0 Å². The fourth-order valence-electron chi connectivity index (χ4n) is 9.99. The molecule has 3 aromatic heterocycles. The van der Waals surface area contributed by atoms with E-state index >= 15 is 0 Å². The molecule has 0 fully saturated rings. The summed E-state index contributed by atoms with van der Waals surface area (Å²) in [5, 5.41) is 9.70. The van der Waals surface area contributed by atoms with E-state index in [1.807, 2.05) is 0 Å². The molecule has 0 atom stereocenters. The van der Waals surface area contributed by atoms with Crippen molar-refractivity contribution in [1.29, 1.82) is 0 Å². The molecule has 8 bridgehead atoms. The molecule has 0 aliphatic carbocycles. The smallest absolute Gasteiger partial charge is 0.335 e. The number of hydrogen-bond donors (Lipinski definition) is 3. The van der Waals surface area contributed by atoms with Crippen molar-refractivity contribution in [2.24, 2.45) is 0 Å². The summed E-state index contributed by atoms with van der Waals surface area (Å²) in [5.41, 5.74) is 21.4. The van der Waals surface area contributed by atoms with Gasteiger partial charge in [-0.25, -0.2) is 14.8 Å². The minimum absolute atomic E-state index is 0.119. The molecule has 6 nitrogen and oxygen atoms in total. The fraction of sp³-hybridized carbons (Fsp3) is 0.338. The molecular formula is C71H78N4O2. The first kappa shape index (κ1) is 54.3. The lowest BCUT2D eigenvalue weighted by molar-refractivity contribution is 0.0696. The van der Waals surface area contributed by atoms with Gasteiger partial charge >= 0.3 is 5.97 Å². The Hall–Kier alpha value is -7.49. The lowest BCUT2D eigenvalue weighted by Gasteiger charge is -2.26. The maximum Gasteiger partial charge on any atom is 0.335 e. The maximum atomic E-state index is 11.8. The fourth-order valence-corrected chi connectivity index (χ4v) is 9.99. The molecule has 6 heteroatoms. The average molecular weight is 1020 g/mol. The number of nitrogens with zero attached hydrogens (tertiary/aromatic N) is 2. The lowest BCUT2D eigenvalue weighted by Crippen LogP contribution is -2.16. The normalized spacial score (nSPS) is 13.2. The molecule has 0 saturated heterocycles. The Labute approximate surface area is 458 Å². The van der Waals surface area contributed by atoms with Crippen molar-refractivity contribution >= 4 is 52.3 Å². The monoisotopic (exact) mass is 1020 g/mol. The highest BCUT2D eigenvalue weighted by molar-refractivity contribution is 5.99. The highest BCUT2D eigenvalue weighted by Gasteiger charge is 2.27. The molecule has 0 spiro atoms. The van der Waals surface area contributed by atoms with Gasteiger partial charge in [0.2, 0.25) is 0 Å². The van der Waals surface area contributed by atoms with Crippen molar-refractivity contribution in [3.8, 4) is 45.2 Å². The van der Waals surface area contributed by atoms with Crippen LogP contribution in [0.25, 0.3) is 79.8 Å². The number of carboxylic acids is 1. The second kappa shape index (κ2) is 19.2. The van der Waals surface area contributed by atoms with Gasteiger partial charge in [0.05, 0.1) is 39.4 Å². The van der Waals surface area contributed by atoms with Crippen LogP contribution in [0.4, 0.5) is 0 Å². The Morgan fingerprint density at radius 3 is 0.974 bits per heavy atom. The minimum atomic E-state index is -0.979. The Morgan fingerprint density at radius 1 is 0.377 bits per heavy atom. The van der Waals surface area contributed by atoms with E-state index in [0.29, 0.717) is 16.8 Å². The molecule has 7 aromatic rings. The van der Waals surface area contributed by atoms with Gasteiger partial charge in [-0.15, -0.1) is 0 Å². The summed E-state index contributed by atoms with van der Waals surface area (Å²) in [6.45, 7) is 41.1. The lowest BCUT2D eigenvalue weighted by atomic mass is 9.78. The molecule has 2 aliphatic heterocycles. The van der Waals surface area contributed by atoms with E-state index in [2.05, 4.69) is 250 Å². The molecule has 77 heavy (non-hydrogen) atoms. The number of carbonyl (C=O) groups is 1. The number of aromatic amines is 2. The van der Waals surface area contributed by atoms with Crippen LogP contribution in [0.5, 0.6) is 0 Å². The van der Waals surface area contributed by atoms with Gasteiger partial charge in [-0.05, 0) is 155 Å². The van der Waals surface area contributed by atoms with Gasteiger partial charge in [0.1, 0.15) is 0 Å². The predicted octanol–water partition coefficient (Wildman–Crippen LogP) is 18.5. The van der Waals surface area contributed by atoms with E-state index in [1.54, 1.807) is 24.3 Å². The van der Waals surface area contributed by atoms with Crippen molar-refractivity contribution in [2.75, 3.05) is 0 Å². The highest BCUT2D eigenvalue weighted by Crippen LogP contribution is 2.43. The topological polar surface area (TPSA) is 94.7 Å².